The maximum absolute atomic E-state index is 8.99. The minimum Gasteiger partial charge on any atom is -0.495 e. The standard InChI is InChI=1S/C12H17N3O/c1-15(2)8-7-14-12-10(9-13)5-4-6-11(12)16-3/h4-6,14H,7-8H2,1-3H3. The smallest absolute Gasteiger partial charge is 0.143 e. The van der Waals surface area contributed by atoms with Crippen LogP contribution in [0.25, 0.3) is 0 Å². The van der Waals surface area contributed by atoms with Crippen LogP contribution in [0.1, 0.15) is 5.56 Å². The number of anilines is 1. The van der Waals surface area contributed by atoms with Crippen LogP contribution in [0.4, 0.5) is 5.69 Å². The minimum absolute atomic E-state index is 0.609. The molecule has 0 saturated carbocycles. The fourth-order valence-electron chi connectivity index (χ4n) is 1.38. The van der Waals surface area contributed by atoms with Gasteiger partial charge in [-0.1, -0.05) is 6.07 Å². The summed E-state index contributed by atoms with van der Waals surface area (Å²) < 4.78 is 5.22. The van der Waals surface area contributed by atoms with E-state index in [0.29, 0.717) is 11.3 Å². The zero-order chi connectivity index (χ0) is 12.0. The Morgan fingerprint density at radius 1 is 1.44 bits per heavy atom. The fourth-order valence-corrected chi connectivity index (χ4v) is 1.38. The van der Waals surface area contributed by atoms with Crippen molar-refractivity contribution in [1.82, 2.24) is 4.90 Å². The Balaban J connectivity index is 2.80. The molecule has 0 unspecified atom stereocenters. The van der Waals surface area contributed by atoms with Crippen LogP contribution >= 0.6 is 0 Å². The lowest BCUT2D eigenvalue weighted by molar-refractivity contribution is 0.413. The van der Waals surface area contributed by atoms with Gasteiger partial charge in [0.15, 0.2) is 0 Å². The SMILES string of the molecule is COc1cccc(C#N)c1NCCN(C)C. The number of nitrogens with one attached hydrogen (secondary N) is 1. The van der Waals surface area contributed by atoms with Crippen molar-refractivity contribution in [2.45, 2.75) is 0 Å². The number of benzene rings is 1. The van der Waals surface area contributed by atoms with Crippen molar-refractivity contribution in [1.29, 1.82) is 5.26 Å². The first kappa shape index (κ1) is 12.3. The summed E-state index contributed by atoms with van der Waals surface area (Å²) in [5.41, 5.74) is 1.38. The molecule has 0 aromatic heterocycles. The van der Waals surface area contributed by atoms with Crippen LogP contribution in [0.2, 0.25) is 0 Å². The first-order valence-electron chi connectivity index (χ1n) is 5.14. The number of hydrogen-bond acceptors (Lipinski definition) is 4. The Bertz CT molecular complexity index is 382. The van der Waals surface area contributed by atoms with E-state index in [-0.39, 0.29) is 0 Å². The third-order valence-electron chi connectivity index (χ3n) is 2.23. The molecule has 0 amide bonds. The van der Waals surface area contributed by atoms with E-state index in [1.54, 1.807) is 13.2 Å². The van der Waals surface area contributed by atoms with Crippen molar-refractivity contribution < 1.29 is 4.74 Å². The van der Waals surface area contributed by atoms with Gasteiger partial charge in [0.05, 0.1) is 18.4 Å². The van der Waals surface area contributed by atoms with Crippen molar-refractivity contribution in [2.75, 3.05) is 39.6 Å². The van der Waals surface area contributed by atoms with Crippen molar-refractivity contribution >= 4 is 5.69 Å². The van der Waals surface area contributed by atoms with E-state index in [1.165, 1.54) is 0 Å². The molecule has 1 rings (SSSR count). The van der Waals surface area contributed by atoms with Gasteiger partial charge in [-0.2, -0.15) is 5.26 Å². The molecule has 1 aromatic rings. The number of likely N-dealkylation sites (N-methyl/N-ethyl adjacent to an activating group) is 1. The molecule has 0 fully saturated rings. The van der Waals surface area contributed by atoms with Crippen LogP contribution < -0.4 is 10.1 Å². The van der Waals surface area contributed by atoms with Crippen LogP contribution in [0.15, 0.2) is 18.2 Å². The maximum atomic E-state index is 8.99. The van der Waals surface area contributed by atoms with E-state index in [4.69, 9.17) is 10.00 Å². The average Bonchev–Trinajstić information content (AvgIpc) is 2.28. The number of hydrogen-bond donors (Lipinski definition) is 1. The van der Waals surface area contributed by atoms with Crippen molar-refractivity contribution in [3.8, 4) is 11.8 Å². The molecular formula is C12H17N3O. The van der Waals surface area contributed by atoms with E-state index in [1.807, 2.05) is 26.2 Å². The summed E-state index contributed by atoms with van der Waals surface area (Å²) >= 11 is 0. The molecule has 0 heterocycles. The molecule has 4 nitrogen and oxygen atoms in total. The Morgan fingerprint density at radius 3 is 2.75 bits per heavy atom. The largest absolute Gasteiger partial charge is 0.495 e. The first-order valence-corrected chi connectivity index (χ1v) is 5.14. The summed E-state index contributed by atoms with van der Waals surface area (Å²) in [5, 5.41) is 12.2. The highest BCUT2D eigenvalue weighted by atomic mass is 16.5. The molecule has 0 bridgehead atoms. The summed E-state index contributed by atoms with van der Waals surface area (Å²) in [7, 11) is 5.62. The monoisotopic (exact) mass is 219 g/mol. The lowest BCUT2D eigenvalue weighted by atomic mass is 10.2. The van der Waals surface area contributed by atoms with Crippen LogP contribution in [0.3, 0.4) is 0 Å². The van der Waals surface area contributed by atoms with Gasteiger partial charge in [-0.25, -0.2) is 0 Å². The topological polar surface area (TPSA) is 48.3 Å². The first-order chi connectivity index (χ1) is 7.69. The second kappa shape index (κ2) is 5.99. The highest BCUT2D eigenvalue weighted by Gasteiger charge is 2.07. The fraction of sp³-hybridized carbons (Fsp3) is 0.417. The maximum Gasteiger partial charge on any atom is 0.143 e. The summed E-state index contributed by atoms with van der Waals surface area (Å²) in [5.74, 6) is 0.706. The average molecular weight is 219 g/mol. The van der Waals surface area contributed by atoms with E-state index in [0.717, 1.165) is 18.8 Å². The van der Waals surface area contributed by atoms with Gasteiger partial charge in [0.2, 0.25) is 0 Å². The van der Waals surface area contributed by atoms with Crippen LogP contribution in [0, 0.1) is 11.3 Å². The molecule has 0 atom stereocenters. The predicted molar refractivity (Wildman–Crippen MR) is 64.8 cm³/mol. The lowest BCUT2D eigenvalue weighted by Gasteiger charge is -2.14. The van der Waals surface area contributed by atoms with Crippen molar-refractivity contribution in [2.24, 2.45) is 0 Å². The van der Waals surface area contributed by atoms with E-state index in [9.17, 15) is 0 Å². The van der Waals surface area contributed by atoms with Crippen LogP contribution in [0.5, 0.6) is 5.75 Å². The van der Waals surface area contributed by atoms with Gasteiger partial charge in [0, 0.05) is 13.1 Å². The molecule has 0 aliphatic rings. The lowest BCUT2D eigenvalue weighted by Crippen LogP contribution is -2.21. The Hall–Kier alpha value is -1.73. The number of methoxy groups -OCH3 is 1. The highest BCUT2D eigenvalue weighted by Crippen LogP contribution is 2.27. The molecule has 0 aliphatic carbocycles. The zero-order valence-corrected chi connectivity index (χ0v) is 9.95. The van der Waals surface area contributed by atoms with Gasteiger partial charge in [0.25, 0.3) is 0 Å². The molecular weight excluding hydrogens is 202 g/mol. The van der Waals surface area contributed by atoms with Gasteiger partial charge >= 0.3 is 0 Å². The predicted octanol–water partition coefficient (Wildman–Crippen LogP) is 1.54. The van der Waals surface area contributed by atoms with Crippen molar-refractivity contribution in [3.63, 3.8) is 0 Å². The molecule has 0 aliphatic heterocycles. The second-order valence-electron chi connectivity index (χ2n) is 3.72. The van der Waals surface area contributed by atoms with Crippen LogP contribution in [-0.4, -0.2) is 39.2 Å². The third-order valence-corrected chi connectivity index (χ3v) is 2.23. The molecule has 1 aromatic carbocycles. The van der Waals surface area contributed by atoms with Gasteiger partial charge in [0.1, 0.15) is 11.8 Å². The second-order valence-corrected chi connectivity index (χ2v) is 3.72. The normalized spacial score (nSPS) is 9.94. The summed E-state index contributed by atoms with van der Waals surface area (Å²) in [6.07, 6.45) is 0. The minimum atomic E-state index is 0.609. The van der Waals surface area contributed by atoms with Gasteiger partial charge in [-0.15, -0.1) is 0 Å². The third kappa shape index (κ3) is 3.14. The Morgan fingerprint density at radius 2 is 2.19 bits per heavy atom. The number of rotatable bonds is 5. The van der Waals surface area contributed by atoms with Gasteiger partial charge in [-0.05, 0) is 26.2 Å². The molecule has 86 valence electrons. The summed E-state index contributed by atoms with van der Waals surface area (Å²) in [6.45, 7) is 1.69. The number of nitrogens with zero attached hydrogens (tertiary/aromatic N) is 2. The number of nitriles is 1. The number of para-hydroxylation sites is 1. The zero-order valence-electron chi connectivity index (χ0n) is 9.95. The molecule has 16 heavy (non-hydrogen) atoms. The van der Waals surface area contributed by atoms with Crippen molar-refractivity contribution in [3.05, 3.63) is 23.8 Å². The number of ether oxygens (including phenoxy) is 1. The molecule has 4 heteroatoms. The Labute approximate surface area is 96.4 Å². The molecule has 1 N–H and O–H groups in total. The molecule has 0 saturated heterocycles. The van der Waals surface area contributed by atoms with E-state index < -0.39 is 0 Å². The van der Waals surface area contributed by atoms with E-state index in [2.05, 4.69) is 16.3 Å². The Kier molecular flexibility index (Phi) is 4.62. The quantitative estimate of drug-likeness (QED) is 0.816. The van der Waals surface area contributed by atoms with Gasteiger partial charge in [-0.3, -0.25) is 0 Å². The summed E-state index contributed by atoms with van der Waals surface area (Å²) in [6, 6.07) is 7.59. The molecule has 0 spiro atoms. The van der Waals surface area contributed by atoms with Crippen LogP contribution in [-0.2, 0) is 0 Å². The summed E-state index contributed by atoms with van der Waals surface area (Å²) in [4.78, 5) is 2.08. The highest BCUT2D eigenvalue weighted by molar-refractivity contribution is 5.66. The molecule has 0 radical (unpaired) electrons. The van der Waals surface area contributed by atoms with E-state index >= 15 is 0 Å². The van der Waals surface area contributed by atoms with Gasteiger partial charge < -0.3 is 15.0 Å².